The third-order valence-electron chi connectivity index (χ3n) is 5.44. The molecule has 0 saturated heterocycles. The van der Waals surface area contributed by atoms with Gasteiger partial charge in [-0.3, -0.25) is 0 Å². The fourth-order valence-corrected chi connectivity index (χ4v) is 3.72. The van der Waals surface area contributed by atoms with Crippen LogP contribution in [0.25, 0.3) is 21.9 Å². The first-order valence-corrected chi connectivity index (χ1v) is 10.2. The van der Waals surface area contributed by atoms with Crippen molar-refractivity contribution in [3.8, 4) is 11.1 Å². The van der Waals surface area contributed by atoms with Gasteiger partial charge in [-0.2, -0.15) is 0 Å². The van der Waals surface area contributed by atoms with Gasteiger partial charge in [-0.05, 0) is 51.9 Å². The van der Waals surface area contributed by atoms with E-state index >= 15 is 0 Å². The largest absolute Gasteiger partial charge is 0.310 e. The van der Waals surface area contributed by atoms with Crippen LogP contribution in [0.4, 0.5) is 0 Å². The van der Waals surface area contributed by atoms with Crippen LogP contribution < -0.4 is 5.32 Å². The molecule has 0 heterocycles. The third kappa shape index (κ3) is 4.49. The molecular formula is C27H27N. The zero-order chi connectivity index (χ0) is 19.2. The van der Waals surface area contributed by atoms with Gasteiger partial charge >= 0.3 is 0 Å². The molecule has 0 amide bonds. The standard InChI is InChI=1S/C27H27N/c1-2-27(28-20-22-14-17-24-10-6-7-11-26(24)18-22)19-21-12-15-25(16-13-21)23-8-4-3-5-9-23/h3-18,27-28H,2,19-20H2,1H3. The van der Waals surface area contributed by atoms with Crippen LogP contribution >= 0.6 is 0 Å². The molecule has 1 N–H and O–H groups in total. The van der Waals surface area contributed by atoms with E-state index < -0.39 is 0 Å². The first kappa shape index (κ1) is 18.5. The lowest BCUT2D eigenvalue weighted by atomic mass is 9.99. The van der Waals surface area contributed by atoms with Crippen LogP contribution in [-0.4, -0.2) is 6.04 Å². The molecular weight excluding hydrogens is 338 g/mol. The molecule has 0 aliphatic carbocycles. The summed E-state index contributed by atoms with van der Waals surface area (Å²) < 4.78 is 0. The molecule has 0 radical (unpaired) electrons. The Hall–Kier alpha value is -2.90. The van der Waals surface area contributed by atoms with E-state index in [9.17, 15) is 0 Å². The summed E-state index contributed by atoms with van der Waals surface area (Å²) in [5, 5.41) is 6.36. The third-order valence-corrected chi connectivity index (χ3v) is 5.44. The summed E-state index contributed by atoms with van der Waals surface area (Å²) >= 11 is 0. The lowest BCUT2D eigenvalue weighted by Crippen LogP contribution is -2.30. The SMILES string of the molecule is CCC(Cc1ccc(-c2ccccc2)cc1)NCc1ccc2ccccc2c1. The smallest absolute Gasteiger partial charge is 0.0208 e. The Bertz CT molecular complexity index is 1020. The highest BCUT2D eigenvalue weighted by molar-refractivity contribution is 5.82. The van der Waals surface area contributed by atoms with Crippen LogP contribution in [0.15, 0.2) is 97.1 Å². The first-order valence-electron chi connectivity index (χ1n) is 10.2. The molecule has 4 rings (SSSR count). The van der Waals surface area contributed by atoms with Crippen molar-refractivity contribution in [2.45, 2.75) is 32.4 Å². The van der Waals surface area contributed by atoms with Gasteiger partial charge in [0.2, 0.25) is 0 Å². The lowest BCUT2D eigenvalue weighted by molar-refractivity contribution is 0.494. The molecule has 0 spiro atoms. The molecule has 0 saturated carbocycles. The van der Waals surface area contributed by atoms with Gasteiger partial charge in [0.05, 0.1) is 0 Å². The predicted molar refractivity (Wildman–Crippen MR) is 120 cm³/mol. The second kappa shape index (κ2) is 8.86. The van der Waals surface area contributed by atoms with Crippen molar-refractivity contribution in [1.82, 2.24) is 5.32 Å². The molecule has 1 atom stereocenters. The zero-order valence-electron chi connectivity index (χ0n) is 16.4. The minimum absolute atomic E-state index is 0.481. The van der Waals surface area contributed by atoms with Crippen molar-refractivity contribution in [3.63, 3.8) is 0 Å². The van der Waals surface area contributed by atoms with E-state index in [-0.39, 0.29) is 0 Å². The second-order valence-electron chi connectivity index (χ2n) is 7.43. The average Bonchev–Trinajstić information content (AvgIpc) is 2.77. The molecule has 0 bridgehead atoms. The first-order chi connectivity index (χ1) is 13.8. The quantitative estimate of drug-likeness (QED) is 0.388. The van der Waals surface area contributed by atoms with Crippen LogP contribution in [0.2, 0.25) is 0 Å². The van der Waals surface area contributed by atoms with E-state index in [4.69, 9.17) is 0 Å². The Balaban J connectivity index is 1.38. The van der Waals surface area contributed by atoms with Gasteiger partial charge in [0, 0.05) is 12.6 Å². The second-order valence-corrected chi connectivity index (χ2v) is 7.43. The maximum absolute atomic E-state index is 3.75. The predicted octanol–water partition coefficient (Wildman–Crippen LogP) is 6.62. The van der Waals surface area contributed by atoms with Gasteiger partial charge in [-0.15, -0.1) is 0 Å². The summed E-state index contributed by atoms with van der Waals surface area (Å²) in [6.45, 7) is 3.17. The normalized spacial score (nSPS) is 12.2. The highest BCUT2D eigenvalue weighted by atomic mass is 14.9. The van der Waals surface area contributed by atoms with Crippen molar-refractivity contribution >= 4 is 10.8 Å². The van der Waals surface area contributed by atoms with Crippen LogP contribution in [0.5, 0.6) is 0 Å². The number of hydrogen-bond acceptors (Lipinski definition) is 1. The summed E-state index contributed by atoms with van der Waals surface area (Å²) in [6, 6.07) is 35.3. The number of hydrogen-bond donors (Lipinski definition) is 1. The maximum atomic E-state index is 3.75. The zero-order valence-corrected chi connectivity index (χ0v) is 16.4. The van der Waals surface area contributed by atoms with Gasteiger partial charge in [-0.25, -0.2) is 0 Å². The number of fused-ring (bicyclic) bond motifs is 1. The highest BCUT2D eigenvalue weighted by Gasteiger charge is 2.08. The molecule has 1 unspecified atom stereocenters. The van der Waals surface area contributed by atoms with Crippen molar-refractivity contribution in [2.75, 3.05) is 0 Å². The van der Waals surface area contributed by atoms with Crippen molar-refractivity contribution in [1.29, 1.82) is 0 Å². The van der Waals surface area contributed by atoms with Crippen molar-refractivity contribution < 1.29 is 0 Å². The van der Waals surface area contributed by atoms with Gasteiger partial charge in [-0.1, -0.05) is 97.9 Å². The van der Waals surface area contributed by atoms with Gasteiger partial charge in [0.15, 0.2) is 0 Å². The Kier molecular flexibility index (Phi) is 5.84. The van der Waals surface area contributed by atoms with E-state index in [0.717, 1.165) is 19.4 Å². The summed E-state index contributed by atoms with van der Waals surface area (Å²) in [6.07, 6.45) is 2.17. The molecule has 1 heteroatoms. The Morgan fingerprint density at radius 2 is 1.29 bits per heavy atom. The van der Waals surface area contributed by atoms with Gasteiger partial charge in [0.25, 0.3) is 0 Å². The molecule has 0 aliphatic rings. The highest BCUT2D eigenvalue weighted by Crippen LogP contribution is 2.20. The Labute approximate surface area is 168 Å². The number of rotatable bonds is 7. The van der Waals surface area contributed by atoms with E-state index in [1.54, 1.807) is 0 Å². The number of benzene rings is 4. The van der Waals surface area contributed by atoms with E-state index in [1.165, 1.54) is 33.0 Å². The van der Waals surface area contributed by atoms with Crippen LogP contribution in [-0.2, 0) is 13.0 Å². The average molecular weight is 366 g/mol. The van der Waals surface area contributed by atoms with Crippen molar-refractivity contribution in [3.05, 3.63) is 108 Å². The van der Waals surface area contributed by atoms with E-state index in [1.807, 2.05) is 0 Å². The summed E-state index contributed by atoms with van der Waals surface area (Å²) in [5.74, 6) is 0. The molecule has 0 fully saturated rings. The van der Waals surface area contributed by atoms with Crippen molar-refractivity contribution in [2.24, 2.45) is 0 Å². The molecule has 1 nitrogen and oxygen atoms in total. The molecule has 0 aliphatic heterocycles. The molecule has 140 valence electrons. The fraction of sp³-hybridized carbons (Fsp3) is 0.185. The van der Waals surface area contributed by atoms with Gasteiger partial charge < -0.3 is 5.32 Å². The summed E-state index contributed by atoms with van der Waals surface area (Å²) in [5.41, 5.74) is 5.28. The number of nitrogens with one attached hydrogen (secondary N) is 1. The van der Waals surface area contributed by atoms with Gasteiger partial charge in [0.1, 0.15) is 0 Å². The molecule has 28 heavy (non-hydrogen) atoms. The minimum atomic E-state index is 0.481. The Morgan fingerprint density at radius 3 is 2.04 bits per heavy atom. The fourth-order valence-electron chi connectivity index (χ4n) is 3.72. The Morgan fingerprint density at radius 1 is 0.643 bits per heavy atom. The van der Waals surface area contributed by atoms with Crippen LogP contribution in [0, 0.1) is 0 Å². The lowest BCUT2D eigenvalue weighted by Gasteiger charge is -2.18. The van der Waals surface area contributed by atoms with Crippen LogP contribution in [0.1, 0.15) is 24.5 Å². The summed E-state index contributed by atoms with van der Waals surface area (Å²) in [4.78, 5) is 0. The molecule has 4 aromatic carbocycles. The van der Waals surface area contributed by atoms with E-state index in [0.29, 0.717) is 6.04 Å². The van der Waals surface area contributed by atoms with E-state index in [2.05, 4.69) is 109 Å². The van der Waals surface area contributed by atoms with Crippen LogP contribution in [0.3, 0.4) is 0 Å². The molecule has 0 aromatic heterocycles. The minimum Gasteiger partial charge on any atom is -0.310 e. The monoisotopic (exact) mass is 365 g/mol. The topological polar surface area (TPSA) is 12.0 Å². The summed E-state index contributed by atoms with van der Waals surface area (Å²) in [7, 11) is 0. The molecule has 4 aromatic rings. The maximum Gasteiger partial charge on any atom is 0.0208 e.